The van der Waals surface area contributed by atoms with Crippen molar-refractivity contribution < 1.29 is 14.6 Å². The molecule has 0 bridgehead atoms. The van der Waals surface area contributed by atoms with Gasteiger partial charge in [-0.15, -0.1) is 0 Å². The van der Waals surface area contributed by atoms with Crippen molar-refractivity contribution in [1.29, 1.82) is 0 Å². The van der Waals surface area contributed by atoms with Gasteiger partial charge in [0.05, 0.1) is 5.60 Å². The Hall–Kier alpha value is -0.610. The number of aliphatic hydroxyl groups is 1. The van der Waals surface area contributed by atoms with Gasteiger partial charge in [-0.3, -0.25) is 4.79 Å². The molecule has 15 heavy (non-hydrogen) atoms. The van der Waals surface area contributed by atoms with E-state index >= 15 is 0 Å². The Balaban J connectivity index is 1.90. The average molecular weight is 213 g/mol. The summed E-state index contributed by atoms with van der Waals surface area (Å²) >= 11 is 0. The number of likely N-dealkylation sites (tertiary alicyclic amines) is 1. The van der Waals surface area contributed by atoms with E-state index < -0.39 is 5.60 Å². The first-order chi connectivity index (χ1) is 7.08. The highest BCUT2D eigenvalue weighted by molar-refractivity contribution is 5.79. The highest BCUT2D eigenvalue weighted by Gasteiger charge is 2.36. The lowest BCUT2D eigenvalue weighted by molar-refractivity contribution is -0.138. The second-order valence-corrected chi connectivity index (χ2v) is 4.89. The zero-order chi connectivity index (χ0) is 10.9. The molecule has 0 aromatic carbocycles. The van der Waals surface area contributed by atoms with Gasteiger partial charge < -0.3 is 14.7 Å². The monoisotopic (exact) mass is 213 g/mol. The molecule has 1 N–H and O–H groups in total. The predicted molar refractivity (Wildman–Crippen MR) is 55.4 cm³/mol. The first kappa shape index (κ1) is 10.9. The van der Waals surface area contributed by atoms with Gasteiger partial charge in [0.1, 0.15) is 0 Å². The number of carbonyl (C=O) groups excluding carboxylic acids is 1. The summed E-state index contributed by atoms with van der Waals surface area (Å²) < 4.78 is 5.23. The van der Waals surface area contributed by atoms with Crippen molar-refractivity contribution in [3.63, 3.8) is 0 Å². The van der Waals surface area contributed by atoms with Crippen molar-refractivity contribution in [3.05, 3.63) is 0 Å². The summed E-state index contributed by atoms with van der Waals surface area (Å²) in [6.07, 6.45) is 2.36. The summed E-state index contributed by atoms with van der Waals surface area (Å²) in [5.74, 6) is 0.323. The van der Waals surface area contributed by atoms with Crippen LogP contribution in [0, 0.1) is 5.92 Å². The lowest BCUT2D eigenvalue weighted by atomic mass is 9.99. The van der Waals surface area contributed by atoms with Crippen LogP contribution < -0.4 is 0 Å². The fraction of sp³-hybridized carbons (Fsp3) is 0.909. The molecular formula is C11H19NO3. The number of hydrogen-bond donors (Lipinski definition) is 1. The standard InChI is InChI=1S/C11H19NO3/c1-11(14)4-5-12(8-11)10(13)9-2-6-15-7-3-9/h9,14H,2-8H2,1H3. The van der Waals surface area contributed by atoms with Crippen LogP contribution in [0.2, 0.25) is 0 Å². The zero-order valence-electron chi connectivity index (χ0n) is 9.24. The van der Waals surface area contributed by atoms with E-state index in [4.69, 9.17) is 4.74 Å². The molecule has 0 aliphatic carbocycles. The Labute approximate surface area is 90.2 Å². The van der Waals surface area contributed by atoms with Crippen molar-refractivity contribution in [2.75, 3.05) is 26.3 Å². The minimum absolute atomic E-state index is 0.118. The van der Waals surface area contributed by atoms with Crippen LogP contribution in [0.15, 0.2) is 0 Å². The van der Waals surface area contributed by atoms with E-state index in [9.17, 15) is 9.90 Å². The number of nitrogens with zero attached hydrogens (tertiary/aromatic N) is 1. The summed E-state index contributed by atoms with van der Waals surface area (Å²) in [5, 5.41) is 9.79. The lowest BCUT2D eigenvalue weighted by Crippen LogP contribution is -2.39. The van der Waals surface area contributed by atoms with Gasteiger partial charge in [-0.1, -0.05) is 0 Å². The van der Waals surface area contributed by atoms with E-state index in [1.54, 1.807) is 11.8 Å². The molecule has 0 aromatic heterocycles. The molecule has 0 aromatic rings. The van der Waals surface area contributed by atoms with Crippen molar-refractivity contribution >= 4 is 5.91 Å². The topological polar surface area (TPSA) is 49.8 Å². The molecule has 1 unspecified atom stereocenters. The van der Waals surface area contributed by atoms with E-state index in [0.29, 0.717) is 32.7 Å². The molecule has 2 fully saturated rings. The Kier molecular flexibility index (Phi) is 2.98. The summed E-state index contributed by atoms with van der Waals surface area (Å²) in [6, 6.07) is 0. The summed E-state index contributed by atoms with van der Waals surface area (Å²) in [6.45, 7) is 4.37. The number of carbonyl (C=O) groups is 1. The average Bonchev–Trinajstić information content (AvgIpc) is 2.59. The van der Waals surface area contributed by atoms with E-state index in [2.05, 4.69) is 0 Å². The van der Waals surface area contributed by atoms with Crippen LogP contribution in [0.4, 0.5) is 0 Å². The van der Waals surface area contributed by atoms with E-state index in [1.807, 2.05) is 0 Å². The Morgan fingerprint density at radius 1 is 1.47 bits per heavy atom. The highest BCUT2D eigenvalue weighted by atomic mass is 16.5. The van der Waals surface area contributed by atoms with Crippen LogP contribution in [0.3, 0.4) is 0 Å². The quantitative estimate of drug-likeness (QED) is 0.685. The largest absolute Gasteiger partial charge is 0.388 e. The van der Waals surface area contributed by atoms with Gasteiger partial charge in [-0.25, -0.2) is 0 Å². The van der Waals surface area contributed by atoms with Gasteiger partial charge in [0.2, 0.25) is 5.91 Å². The van der Waals surface area contributed by atoms with Crippen LogP contribution in [0.5, 0.6) is 0 Å². The minimum atomic E-state index is -0.680. The first-order valence-electron chi connectivity index (χ1n) is 5.67. The molecule has 2 rings (SSSR count). The summed E-state index contributed by atoms with van der Waals surface area (Å²) in [5.41, 5.74) is -0.680. The normalized spacial score (nSPS) is 33.3. The third-order valence-corrected chi connectivity index (χ3v) is 3.33. The fourth-order valence-electron chi connectivity index (χ4n) is 2.34. The smallest absolute Gasteiger partial charge is 0.225 e. The maximum atomic E-state index is 12.0. The maximum Gasteiger partial charge on any atom is 0.225 e. The second-order valence-electron chi connectivity index (χ2n) is 4.89. The summed E-state index contributed by atoms with van der Waals surface area (Å²) in [4.78, 5) is 13.8. The molecule has 2 saturated heterocycles. The van der Waals surface area contributed by atoms with Gasteiger partial charge in [0, 0.05) is 32.2 Å². The van der Waals surface area contributed by atoms with Gasteiger partial charge in [-0.05, 0) is 26.2 Å². The molecule has 1 atom stereocenters. The first-order valence-corrected chi connectivity index (χ1v) is 5.67. The fourth-order valence-corrected chi connectivity index (χ4v) is 2.34. The van der Waals surface area contributed by atoms with Crippen LogP contribution >= 0.6 is 0 Å². The van der Waals surface area contributed by atoms with Crippen molar-refractivity contribution in [1.82, 2.24) is 4.90 Å². The Morgan fingerprint density at radius 3 is 2.67 bits per heavy atom. The van der Waals surface area contributed by atoms with Gasteiger partial charge in [-0.2, -0.15) is 0 Å². The van der Waals surface area contributed by atoms with Gasteiger partial charge in [0.25, 0.3) is 0 Å². The number of β-amino-alcohol motifs (C(OH)–C–C–N with tert-alkyl or cyclic N) is 1. The molecule has 2 aliphatic heterocycles. The van der Waals surface area contributed by atoms with E-state index in [0.717, 1.165) is 12.8 Å². The number of ether oxygens (including phenoxy) is 1. The highest BCUT2D eigenvalue weighted by Crippen LogP contribution is 2.25. The molecule has 4 nitrogen and oxygen atoms in total. The zero-order valence-corrected chi connectivity index (χ0v) is 9.24. The summed E-state index contributed by atoms with van der Waals surface area (Å²) in [7, 11) is 0. The Bertz CT molecular complexity index is 246. The SMILES string of the molecule is CC1(O)CCN(C(=O)C2CCOCC2)C1. The molecule has 1 amide bonds. The molecule has 2 aliphatic rings. The third-order valence-electron chi connectivity index (χ3n) is 3.33. The molecule has 86 valence electrons. The Morgan fingerprint density at radius 2 is 2.13 bits per heavy atom. The molecule has 0 spiro atoms. The maximum absolute atomic E-state index is 12.0. The number of amides is 1. The van der Waals surface area contributed by atoms with E-state index in [1.165, 1.54) is 0 Å². The van der Waals surface area contributed by atoms with Crippen LogP contribution in [-0.4, -0.2) is 47.8 Å². The minimum Gasteiger partial charge on any atom is -0.388 e. The number of hydrogen-bond acceptors (Lipinski definition) is 3. The predicted octanol–water partition coefficient (Wildman–Crippen LogP) is 0.396. The van der Waals surface area contributed by atoms with Crippen molar-refractivity contribution in [2.24, 2.45) is 5.92 Å². The third kappa shape index (κ3) is 2.49. The van der Waals surface area contributed by atoms with Crippen LogP contribution in [-0.2, 0) is 9.53 Å². The van der Waals surface area contributed by atoms with Crippen LogP contribution in [0.25, 0.3) is 0 Å². The van der Waals surface area contributed by atoms with Crippen LogP contribution in [0.1, 0.15) is 26.2 Å². The molecule has 0 saturated carbocycles. The van der Waals surface area contributed by atoms with Crippen molar-refractivity contribution in [2.45, 2.75) is 31.8 Å². The van der Waals surface area contributed by atoms with Gasteiger partial charge >= 0.3 is 0 Å². The van der Waals surface area contributed by atoms with E-state index in [-0.39, 0.29) is 11.8 Å². The van der Waals surface area contributed by atoms with Gasteiger partial charge in [0.15, 0.2) is 0 Å². The molecule has 4 heteroatoms. The lowest BCUT2D eigenvalue weighted by Gasteiger charge is -2.27. The molecule has 0 radical (unpaired) electrons. The molecule has 2 heterocycles. The number of rotatable bonds is 1. The molecular weight excluding hydrogens is 194 g/mol. The second kappa shape index (κ2) is 4.10. The van der Waals surface area contributed by atoms with Crippen molar-refractivity contribution in [3.8, 4) is 0 Å².